The van der Waals surface area contributed by atoms with Gasteiger partial charge >= 0.3 is 5.97 Å². The number of ether oxygens (including phenoxy) is 1. The summed E-state index contributed by atoms with van der Waals surface area (Å²) < 4.78 is 8.08. The highest BCUT2D eigenvalue weighted by molar-refractivity contribution is 5.81. The SMILES string of the molecule is CC(C)[C@@](N)(CCC1c2ccccc2-c2cncn21)C(=O)OC1CCCCC1. The standard InChI is InChI=1S/C23H31N3O2/c1-16(2)23(24,22(27)28-17-8-4-3-5-9-17)13-12-20-18-10-6-7-11-19(18)21-14-25-15-26(20)21/h6-7,10-11,14-17,20H,3-5,8-9,12-13,24H2,1-2H3/t20?,23-/m0/s1. The first kappa shape index (κ1) is 19.2. The predicted molar refractivity (Wildman–Crippen MR) is 110 cm³/mol. The Morgan fingerprint density at radius 1 is 1.29 bits per heavy atom. The van der Waals surface area contributed by atoms with Crippen molar-refractivity contribution < 1.29 is 9.53 Å². The summed E-state index contributed by atoms with van der Waals surface area (Å²) in [4.78, 5) is 17.4. The number of nitrogens with zero attached hydrogens (tertiary/aromatic N) is 2. The average Bonchev–Trinajstić information content (AvgIpc) is 3.28. The summed E-state index contributed by atoms with van der Waals surface area (Å²) in [6.45, 7) is 4.04. The molecule has 150 valence electrons. The Kier molecular flexibility index (Phi) is 5.28. The number of benzene rings is 1. The maximum Gasteiger partial charge on any atom is 0.326 e. The summed E-state index contributed by atoms with van der Waals surface area (Å²) in [6, 6.07) is 8.60. The van der Waals surface area contributed by atoms with Crippen LogP contribution in [0.4, 0.5) is 0 Å². The van der Waals surface area contributed by atoms with Crippen molar-refractivity contribution in [3.05, 3.63) is 42.4 Å². The van der Waals surface area contributed by atoms with Gasteiger partial charge in [0, 0.05) is 5.56 Å². The van der Waals surface area contributed by atoms with E-state index in [1.54, 1.807) is 0 Å². The molecule has 0 bridgehead atoms. The quantitative estimate of drug-likeness (QED) is 0.750. The van der Waals surface area contributed by atoms with Crippen LogP contribution in [-0.2, 0) is 9.53 Å². The maximum atomic E-state index is 13.1. The van der Waals surface area contributed by atoms with Gasteiger partial charge in [-0.2, -0.15) is 0 Å². The minimum atomic E-state index is -0.963. The third kappa shape index (κ3) is 3.37. The predicted octanol–water partition coefficient (Wildman–Crippen LogP) is 4.46. The molecule has 1 unspecified atom stereocenters. The first-order chi connectivity index (χ1) is 13.5. The Hall–Kier alpha value is -2.14. The van der Waals surface area contributed by atoms with E-state index in [-0.39, 0.29) is 24.0 Å². The highest BCUT2D eigenvalue weighted by Crippen LogP contribution is 2.42. The molecule has 2 heterocycles. The summed E-state index contributed by atoms with van der Waals surface area (Å²) in [5.74, 6) is -0.214. The van der Waals surface area contributed by atoms with Crippen LogP contribution in [0.1, 0.15) is 70.4 Å². The van der Waals surface area contributed by atoms with E-state index in [2.05, 4.69) is 33.8 Å². The molecule has 0 spiro atoms. The van der Waals surface area contributed by atoms with Crippen LogP contribution < -0.4 is 5.73 Å². The monoisotopic (exact) mass is 381 g/mol. The topological polar surface area (TPSA) is 70.1 Å². The van der Waals surface area contributed by atoms with E-state index in [9.17, 15) is 4.79 Å². The van der Waals surface area contributed by atoms with E-state index in [0.717, 1.165) is 37.8 Å². The number of rotatable bonds is 6. The molecule has 2 aliphatic rings. The summed E-state index contributed by atoms with van der Waals surface area (Å²) >= 11 is 0. The summed E-state index contributed by atoms with van der Waals surface area (Å²) in [7, 11) is 0. The highest BCUT2D eigenvalue weighted by atomic mass is 16.5. The zero-order valence-electron chi connectivity index (χ0n) is 16.9. The molecule has 1 fully saturated rings. The van der Waals surface area contributed by atoms with Crippen molar-refractivity contribution in [1.82, 2.24) is 9.55 Å². The molecule has 2 aromatic rings. The zero-order chi connectivity index (χ0) is 19.7. The number of nitrogens with two attached hydrogens (primary N) is 1. The smallest absolute Gasteiger partial charge is 0.326 e. The van der Waals surface area contributed by atoms with E-state index < -0.39 is 5.54 Å². The van der Waals surface area contributed by atoms with Gasteiger partial charge in [-0.15, -0.1) is 0 Å². The fourth-order valence-corrected chi connectivity index (χ4v) is 4.67. The van der Waals surface area contributed by atoms with Crippen molar-refractivity contribution in [2.75, 3.05) is 0 Å². The number of imidazole rings is 1. The first-order valence-electron chi connectivity index (χ1n) is 10.6. The normalized spacial score (nSPS) is 21.2. The van der Waals surface area contributed by atoms with Crippen molar-refractivity contribution >= 4 is 5.97 Å². The van der Waals surface area contributed by atoms with E-state index in [4.69, 9.17) is 10.5 Å². The van der Waals surface area contributed by atoms with Gasteiger partial charge in [-0.25, -0.2) is 4.98 Å². The largest absolute Gasteiger partial charge is 0.461 e. The summed E-state index contributed by atoms with van der Waals surface area (Å²) in [5.41, 5.74) is 9.38. The first-order valence-corrected chi connectivity index (χ1v) is 10.6. The van der Waals surface area contributed by atoms with Gasteiger partial charge in [-0.05, 0) is 50.0 Å². The molecule has 5 heteroatoms. The molecule has 1 aromatic carbocycles. The van der Waals surface area contributed by atoms with Crippen molar-refractivity contribution in [1.29, 1.82) is 0 Å². The van der Waals surface area contributed by atoms with Crippen molar-refractivity contribution in [3.63, 3.8) is 0 Å². The molecule has 1 aliphatic heterocycles. The van der Waals surface area contributed by atoms with Crippen molar-refractivity contribution in [2.45, 2.75) is 76.5 Å². The molecular formula is C23H31N3O2. The van der Waals surface area contributed by atoms with E-state index in [1.807, 2.05) is 26.4 Å². The van der Waals surface area contributed by atoms with Gasteiger partial charge in [0.2, 0.25) is 0 Å². The Bertz CT molecular complexity index is 838. The van der Waals surface area contributed by atoms with Gasteiger partial charge in [0.05, 0.1) is 24.3 Å². The van der Waals surface area contributed by atoms with Crippen LogP contribution in [0.2, 0.25) is 0 Å². The van der Waals surface area contributed by atoms with Crippen LogP contribution in [0, 0.1) is 5.92 Å². The molecule has 4 rings (SSSR count). The second-order valence-corrected chi connectivity index (χ2v) is 8.69. The molecule has 1 saturated carbocycles. The number of hydrogen-bond donors (Lipinski definition) is 1. The second kappa shape index (κ2) is 7.70. The van der Waals surface area contributed by atoms with Crippen LogP contribution in [-0.4, -0.2) is 27.2 Å². The van der Waals surface area contributed by atoms with Crippen LogP contribution in [0.15, 0.2) is 36.8 Å². The fraction of sp³-hybridized carbons (Fsp3) is 0.565. The minimum absolute atomic E-state index is 0.0162. The molecule has 1 aliphatic carbocycles. The Balaban J connectivity index is 1.50. The Labute approximate surface area is 167 Å². The summed E-state index contributed by atoms with van der Waals surface area (Å²) in [6.07, 6.45) is 10.7. The lowest BCUT2D eigenvalue weighted by Gasteiger charge is -2.34. The number of fused-ring (bicyclic) bond motifs is 3. The van der Waals surface area contributed by atoms with Crippen LogP contribution in [0.3, 0.4) is 0 Å². The molecule has 0 saturated heterocycles. The second-order valence-electron chi connectivity index (χ2n) is 8.69. The number of carbonyl (C=O) groups excluding carboxylic acids is 1. The molecule has 5 nitrogen and oxygen atoms in total. The van der Waals surface area contributed by atoms with Gasteiger partial charge < -0.3 is 15.0 Å². The molecule has 28 heavy (non-hydrogen) atoms. The Morgan fingerprint density at radius 2 is 2.04 bits per heavy atom. The maximum absolute atomic E-state index is 13.1. The van der Waals surface area contributed by atoms with Gasteiger partial charge in [-0.1, -0.05) is 44.5 Å². The van der Waals surface area contributed by atoms with E-state index in [1.165, 1.54) is 17.5 Å². The van der Waals surface area contributed by atoms with E-state index >= 15 is 0 Å². The zero-order valence-corrected chi connectivity index (χ0v) is 16.9. The van der Waals surface area contributed by atoms with Gasteiger partial charge in [0.1, 0.15) is 11.6 Å². The minimum Gasteiger partial charge on any atom is -0.461 e. The molecule has 0 amide bonds. The van der Waals surface area contributed by atoms with Gasteiger partial charge in [-0.3, -0.25) is 4.79 Å². The number of carbonyl (C=O) groups is 1. The third-order valence-electron chi connectivity index (χ3n) is 6.67. The molecule has 2 N–H and O–H groups in total. The molecule has 0 radical (unpaired) electrons. The van der Waals surface area contributed by atoms with Crippen LogP contribution in [0.25, 0.3) is 11.3 Å². The number of hydrogen-bond acceptors (Lipinski definition) is 4. The van der Waals surface area contributed by atoms with Gasteiger partial charge in [0.25, 0.3) is 0 Å². The van der Waals surface area contributed by atoms with Crippen LogP contribution >= 0.6 is 0 Å². The number of aromatic nitrogens is 2. The number of esters is 1. The summed E-state index contributed by atoms with van der Waals surface area (Å²) in [5, 5.41) is 0. The Morgan fingerprint density at radius 3 is 2.79 bits per heavy atom. The average molecular weight is 382 g/mol. The molecular weight excluding hydrogens is 350 g/mol. The molecule has 1 aromatic heterocycles. The lowest BCUT2D eigenvalue weighted by atomic mass is 9.81. The van der Waals surface area contributed by atoms with E-state index in [0.29, 0.717) is 6.42 Å². The van der Waals surface area contributed by atoms with Gasteiger partial charge in [0.15, 0.2) is 0 Å². The fourth-order valence-electron chi connectivity index (χ4n) is 4.67. The highest BCUT2D eigenvalue weighted by Gasteiger charge is 2.41. The van der Waals surface area contributed by atoms with Crippen LogP contribution in [0.5, 0.6) is 0 Å². The lowest BCUT2D eigenvalue weighted by Crippen LogP contribution is -2.54. The lowest BCUT2D eigenvalue weighted by molar-refractivity contribution is -0.159. The molecule has 2 atom stereocenters. The van der Waals surface area contributed by atoms with Crippen molar-refractivity contribution in [2.24, 2.45) is 11.7 Å². The van der Waals surface area contributed by atoms with Crippen molar-refractivity contribution in [3.8, 4) is 11.3 Å². The third-order valence-corrected chi connectivity index (χ3v) is 6.67.